The minimum absolute atomic E-state index is 0.0224. The van der Waals surface area contributed by atoms with Gasteiger partial charge in [-0.1, -0.05) is 20.8 Å². The third-order valence-electron chi connectivity index (χ3n) is 2.61. The van der Waals surface area contributed by atoms with Gasteiger partial charge in [-0.05, 0) is 12.3 Å². The van der Waals surface area contributed by atoms with E-state index in [1.54, 1.807) is 6.92 Å². The number of rotatable bonds is 7. The van der Waals surface area contributed by atoms with Gasteiger partial charge in [0.05, 0.1) is 5.92 Å². The lowest BCUT2D eigenvalue weighted by Crippen LogP contribution is -2.49. The summed E-state index contributed by atoms with van der Waals surface area (Å²) in [6.07, 6.45) is 0.367. The summed E-state index contributed by atoms with van der Waals surface area (Å²) >= 11 is 0. The van der Waals surface area contributed by atoms with E-state index >= 15 is 0 Å². The zero-order valence-electron chi connectivity index (χ0n) is 11.3. The van der Waals surface area contributed by atoms with Gasteiger partial charge in [-0.2, -0.15) is 0 Å². The van der Waals surface area contributed by atoms with Crippen LogP contribution in [0.15, 0.2) is 0 Å². The fourth-order valence-corrected chi connectivity index (χ4v) is 1.40. The summed E-state index contributed by atoms with van der Waals surface area (Å²) < 4.78 is 0. The quantitative estimate of drug-likeness (QED) is 0.615. The molecule has 0 aliphatic rings. The van der Waals surface area contributed by atoms with Crippen LogP contribution in [0.3, 0.4) is 0 Å². The predicted molar refractivity (Wildman–Crippen MR) is 66.9 cm³/mol. The van der Waals surface area contributed by atoms with Gasteiger partial charge in [0.15, 0.2) is 0 Å². The van der Waals surface area contributed by atoms with Gasteiger partial charge in [-0.3, -0.25) is 14.4 Å². The highest BCUT2D eigenvalue weighted by Gasteiger charge is 2.22. The van der Waals surface area contributed by atoms with Crippen molar-refractivity contribution in [2.24, 2.45) is 11.8 Å². The van der Waals surface area contributed by atoms with Crippen LogP contribution in [0.2, 0.25) is 0 Å². The topological polar surface area (TPSA) is 95.5 Å². The van der Waals surface area contributed by atoms with Crippen molar-refractivity contribution in [1.29, 1.82) is 0 Å². The number of hydrogen-bond acceptors (Lipinski definition) is 3. The van der Waals surface area contributed by atoms with Gasteiger partial charge in [-0.25, -0.2) is 0 Å². The first-order valence-electron chi connectivity index (χ1n) is 6.03. The summed E-state index contributed by atoms with van der Waals surface area (Å²) in [6.45, 7) is 6.90. The minimum atomic E-state index is -0.883. The molecule has 0 radical (unpaired) electrons. The van der Waals surface area contributed by atoms with Crippen molar-refractivity contribution in [3.05, 3.63) is 0 Å². The second-order valence-corrected chi connectivity index (χ2v) is 4.74. The van der Waals surface area contributed by atoms with Gasteiger partial charge in [-0.15, -0.1) is 0 Å². The summed E-state index contributed by atoms with van der Waals surface area (Å²) in [5.41, 5.74) is 0. The molecule has 0 aromatic heterocycles. The highest BCUT2D eigenvalue weighted by molar-refractivity contribution is 5.87. The van der Waals surface area contributed by atoms with Crippen molar-refractivity contribution in [1.82, 2.24) is 10.6 Å². The maximum absolute atomic E-state index is 11.8. The normalized spacial score (nSPS) is 13.8. The molecule has 3 N–H and O–H groups in total. The van der Waals surface area contributed by atoms with Crippen molar-refractivity contribution in [2.75, 3.05) is 6.54 Å². The molecule has 2 amide bonds. The molecule has 0 saturated heterocycles. The second kappa shape index (κ2) is 7.68. The van der Waals surface area contributed by atoms with Crippen molar-refractivity contribution in [2.45, 2.75) is 40.2 Å². The lowest BCUT2D eigenvalue weighted by molar-refractivity contribution is -0.141. The number of amides is 2. The summed E-state index contributed by atoms with van der Waals surface area (Å²) in [4.78, 5) is 33.4. The van der Waals surface area contributed by atoms with Gasteiger partial charge in [0.2, 0.25) is 11.8 Å². The van der Waals surface area contributed by atoms with Gasteiger partial charge >= 0.3 is 5.97 Å². The minimum Gasteiger partial charge on any atom is -0.481 e. The number of carboxylic acids is 1. The molecule has 0 saturated carbocycles. The highest BCUT2D eigenvalue weighted by Crippen LogP contribution is 2.03. The largest absolute Gasteiger partial charge is 0.481 e. The molecule has 0 heterocycles. The van der Waals surface area contributed by atoms with Crippen LogP contribution in [-0.2, 0) is 14.4 Å². The first kappa shape index (κ1) is 16.4. The fraction of sp³-hybridized carbons (Fsp3) is 0.750. The Bertz CT molecular complexity index is 315. The first-order valence-corrected chi connectivity index (χ1v) is 6.03. The van der Waals surface area contributed by atoms with Crippen LogP contribution in [0.5, 0.6) is 0 Å². The van der Waals surface area contributed by atoms with E-state index in [1.165, 1.54) is 6.92 Å². The maximum atomic E-state index is 11.8. The lowest BCUT2D eigenvalue weighted by Gasteiger charge is -2.21. The van der Waals surface area contributed by atoms with Gasteiger partial charge in [0.1, 0.15) is 6.04 Å². The molecule has 18 heavy (non-hydrogen) atoms. The number of hydrogen-bond donors (Lipinski definition) is 3. The maximum Gasteiger partial charge on any atom is 0.306 e. The molecule has 0 spiro atoms. The van der Waals surface area contributed by atoms with Gasteiger partial charge in [0, 0.05) is 13.5 Å². The van der Waals surface area contributed by atoms with Gasteiger partial charge in [0.25, 0.3) is 0 Å². The van der Waals surface area contributed by atoms with E-state index in [1.807, 2.05) is 13.8 Å². The summed E-state index contributed by atoms with van der Waals surface area (Å²) in [5.74, 6) is -1.94. The van der Waals surface area contributed by atoms with E-state index in [0.717, 1.165) is 0 Å². The Kier molecular flexibility index (Phi) is 7.00. The third-order valence-corrected chi connectivity index (χ3v) is 2.61. The highest BCUT2D eigenvalue weighted by atomic mass is 16.4. The Morgan fingerprint density at radius 3 is 2.11 bits per heavy atom. The zero-order chi connectivity index (χ0) is 14.3. The molecular formula is C12H22N2O4. The van der Waals surface area contributed by atoms with E-state index in [0.29, 0.717) is 6.42 Å². The predicted octanol–water partition coefficient (Wildman–Crippen LogP) is 0.374. The molecule has 0 aliphatic heterocycles. The Balaban J connectivity index is 4.19. The Morgan fingerprint density at radius 2 is 1.72 bits per heavy atom. The Hall–Kier alpha value is -1.59. The van der Waals surface area contributed by atoms with E-state index in [9.17, 15) is 14.4 Å². The van der Waals surface area contributed by atoms with Crippen molar-refractivity contribution >= 4 is 17.8 Å². The SMILES string of the molecule is CC(=O)NC(C(=O)NCCC(C)C(=O)O)C(C)C. The molecule has 0 aromatic carbocycles. The molecule has 0 aromatic rings. The third kappa shape index (κ3) is 6.22. The molecule has 2 atom stereocenters. The summed E-state index contributed by atoms with van der Waals surface area (Å²) in [5, 5.41) is 13.9. The lowest BCUT2D eigenvalue weighted by atomic mass is 10.0. The standard InChI is InChI=1S/C12H22N2O4/c1-7(2)10(14-9(4)15)11(16)13-6-5-8(3)12(17)18/h7-8,10H,5-6H2,1-4H3,(H,13,16)(H,14,15)(H,17,18). The van der Waals surface area contributed by atoms with Crippen LogP contribution in [0.4, 0.5) is 0 Å². The molecule has 0 rings (SSSR count). The number of carbonyl (C=O) groups is 3. The molecule has 0 fully saturated rings. The van der Waals surface area contributed by atoms with Crippen LogP contribution in [0.1, 0.15) is 34.1 Å². The number of carboxylic acid groups (broad SMARTS) is 1. The molecule has 6 heteroatoms. The zero-order valence-corrected chi connectivity index (χ0v) is 11.3. The van der Waals surface area contributed by atoms with E-state index in [4.69, 9.17) is 5.11 Å². The molecule has 2 unspecified atom stereocenters. The van der Waals surface area contributed by atoms with Gasteiger partial charge < -0.3 is 15.7 Å². The molecular weight excluding hydrogens is 236 g/mol. The second-order valence-electron chi connectivity index (χ2n) is 4.74. The first-order chi connectivity index (χ1) is 8.25. The van der Waals surface area contributed by atoms with Crippen molar-refractivity contribution in [3.8, 4) is 0 Å². The van der Waals surface area contributed by atoms with Crippen molar-refractivity contribution < 1.29 is 19.5 Å². The number of carbonyl (C=O) groups excluding carboxylic acids is 2. The van der Waals surface area contributed by atoms with E-state index in [2.05, 4.69) is 10.6 Å². The van der Waals surface area contributed by atoms with E-state index < -0.39 is 17.9 Å². The smallest absolute Gasteiger partial charge is 0.306 e. The van der Waals surface area contributed by atoms with E-state index in [-0.39, 0.29) is 24.3 Å². The van der Waals surface area contributed by atoms with Crippen LogP contribution in [-0.4, -0.2) is 35.5 Å². The Morgan fingerprint density at radius 1 is 1.17 bits per heavy atom. The summed E-state index contributed by atoms with van der Waals surface area (Å²) in [6, 6.07) is -0.581. The number of aliphatic carboxylic acids is 1. The fourth-order valence-electron chi connectivity index (χ4n) is 1.40. The molecule has 0 bridgehead atoms. The number of nitrogens with one attached hydrogen (secondary N) is 2. The average molecular weight is 258 g/mol. The molecule has 104 valence electrons. The van der Waals surface area contributed by atoms with Crippen molar-refractivity contribution in [3.63, 3.8) is 0 Å². The average Bonchev–Trinajstić information content (AvgIpc) is 2.24. The Labute approximate surface area is 107 Å². The molecule has 6 nitrogen and oxygen atoms in total. The van der Waals surface area contributed by atoms with Crippen LogP contribution in [0.25, 0.3) is 0 Å². The van der Waals surface area contributed by atoms with Crippen LogP contribution >= 0.6 is 0 Å². The van der Waals surface area contributed by atoms with Crippen LogP contribution < -0.4 is 10.6 Å². The van der Waals surface area contributed by atoms with Crippen LogP contribution in [0, 0.1) is 11.8 Å². The monoisotopic (exact) mass is 258 g/mol. The summed E-state index contributed by atoms with van der Waals surface area (Å²) in [7, 11) is 0. The molecule has 0 aliphatic carbocycles.